The van der Waals surface area contributed by atoms with Gasteiger partial charge in [0.05, 0.1) is 0 Å². The molecule has 1 heterocycles. The van der Waals surface area contributed by atoms with E-state index in [1.54, 1.807) is 0 Å². The molecule has 2 heteroatoms. The number of rotatable bonds is 4. The second-order valence-electron chi connectivity index (χ2n) is 5.78. The van der Waals surface area contributed by atoms with Crippen LogP contribution in [0, 0.1) is 5.92 Å². The molecule has 0 bridgehead atoms. The summed E-state index contributed by atoms with van der Waals surface area (Å²) in [5, 5.41) is 0. The first-order valence-corrected chi connectivity index (χ1v) is 7.73. The van der Waals surface area contributed by atoms with Gasteiger partial charge in [0.2, 0.25) is 0 Å². The molecule has 1 aromatic carbocycles. The minimum absolute atomic E-state index is 0.558. The molecule has 1 saturated heterocycles. The van der Waals surface area contributed by atoms with E-state index in [9.17, 15) is 0 Å². The summed E-state index contributed by atoms with van der Waals surface area (Å²) in [4.78, 5) is 2.65. The minimum atomic E-state index is 0.558. The Morgan fingerprint density at radius 1 is 1.22 bits per heavy atom. The Kier molecular flexibility index (Phi) is 5.13. The van der Waals surface area contributed by atoms with Crippen molar-refractivity contribution in [3.8, 4) is 0 Å². The number of benzene rings is 1. The average Bonchev–Trinajstić information content (AvgIpc) is 2.41. The van der Waals surface area contributed by atoms with Crippen molar-refractivity contribution in [1.29, 1.82) is 0 Å². The molecule has 1 aliphatic heterocycles. The van der Waals surface area contributed by atoms with Gasteiger partial charge in [0.1, 0.15) is 0 Å². The normalized spacial score (nSPS) is 27.1. The number of piperidine rings is 1. The van der Waals surface area contributed by atoms with Crippen LogP contribution < -0.4 is 0 Å². The van der Waals surface area contributed by atoms with Gasteiger partial charge < -0.3 is 0 Å². The molecule has 3 atom stereocenters. The van der Waals surface area contributed by atoms with E-state index in [2.05, 4.69) is 61.7 Å². The minimum Gasteiger partial charge on any atom is -0.300 e. The molecule has 18 heavy (non-hydrogen) atoms. The van der Waals surface area contributed by atoms with Crippen molar-refractivity contribution in [3.63, 3.8) is 0 Å². The summed E-state index contributed by atoms with van der Waals surface area (Å²) < 4.78 is 0. The highest BCUT2D eigenvalue weighted by Crippen LogP contribution is 2.25. The SMILES string of the molecule is CC1CCC(C)N(CC(CS)c2ccccc2)C1. The highest BCUT2D eigenvalue weighted by molar-refractivity contribution is 7.80. The zero-order valence-electron chi connectivity index (χ0n) is 11.5. The van der Waals surface area contributed by atoms with Crippen LogP contribution in [0.5, 0.6) is 0 Å². The number of nitrogens with zero attached hydrogens (tertiary/aromatic N) is 1. The molecule has 0 saturated carbocycles. The number of hydrogen-bond acceptors (Lipinski definition) is 2. The summed E-state index contributed by atoms with van der Waals surface area (Å²) in [6.07, 6.45) is 2.73. The summed E-state index contributed by atoms with van der Waals surface area (Å²) in [7, 11) is 0. The lowest BCUT2D eigenvalue weighted by atomic mass is 9.92. The monoisotopic (exact) mass is 263 g/mol. The van der Waals surface area contributed by atoms with Crippen molar-refractivity contribution in [2.75, 3.05) is 18.8 Å². The molecule has 1 fully saturated rings. The molecule has 0 radical (unpaired) electrons. The third-order valence-electron chi connectivity index (χ3n) is 4.19. The lowest BCUT2D eigenvalue weighted by Crippen LogP contribution is -2.43. The van der Waals surface area contributed by atoms with Crippen LogP contribution in [0.3, 0.4) is 0 Å². The van der Waals surface area contributed by atoms with Crippen LogP contribution in [0.2, 0.25) is 0 Å². The Bertz CT molecular complexity index is 351. The molecule has 0 N–H and O–H groups in total. The predicted molar refractivity (Wildman–Crippen MR) is 82.5 cm³/mol. The molecule has 1 aliphatic rings. The molecule has 0 aromatic heterocycles. The Labute approximate surface area is 117 Å². The van der Waals surface area contributed by atoms with Gasteiger partial charge in [-0.1, -0.05) is 37.3 Å². The van der Waals surface area contributed by atoms with Gasteiger partial charge in [0.25, 0.3) is 0 Å². The molecule has 2 rings (SSSR count). The van der Waals surface area contributed by atoms with Gasteiger partial charge in [-0.2, -0.15) is 12.6 Å². The maximum Gasteiger partial charge on any atom is 0.00674 e. The van der Waals surface area contributed by atoms with E-state index in [-0.39, 0.29) is 0 Å². The average molecular weight is 263 g/mol. The third-order valence-corrected chi connectivity index (χ3v) is 4.63. The molecule has 1 aromatic rings. The lowest BCUT2D eigenvalue weighted by Gasteiger charge is -2.38. The molecule has 0 spiro atoms. The van der Waals surface area contributed by atoms with Crippen molar-refractivity contribution in [3.05, 3.63) is 35.9 Å². The first-order valence-electron chi connectivity index (χ1n) is 7.10. The fraction of sp³-hybridized carbons (Fsp3) is 0.625. The molecule has 3 unspecified atom stereocenters. The van der Waals surface area contributed by atoms with Gasteiger partial charge >= 0.3 is 0 Å². The zero-order chi connectivity index (χ0) is 13.0. The first kappa shape index (κ1) is 14.0. The van der Waals surface area contributed by atoms with Crippen molar-refractivity contribution in [1.82, 2.24) is 4.90 Å². The van der Waals surface area contributed by atoms with Crippen molar-refractivity contribution < 1.29 is 0 Å². The van der Waals surface area contributed by atoms with E-state index in [1.807, 2.05) is 0 Å². The number of thiol groups is 1. The summed E-state index contributed by atoms with van der Waals surface area (Å²) >= 11 is 4.55. The Hall–Kier alpha value is -0.470. The third kappa shape index (κ3) is 3.52. The van der Waals surface area contributed by atoms with Crippen LogP contribution in [-0.4, -0.2) is 29.8 Å². The Balaban J connectivity index is 2.01. The Morgan fingerprint density at radius 2 is 1.94 bits per heavy atom. The van der Waals surface area contributed by atoms with Crippen LogP contribution in [-0.2, 0) is 0 Å². The van der Waals surface area contributed by atoms with Crippen LogP contribution in [0.25, 0.3) is 0 Å². The number of hydrogen-bond donors (Lipinski definition) is 1. The fourth-order valence-electron chi connectivity index (χ4n) is 2.91. The van der Waals surface area contributed by atoms with Crippen LogP contribution in [0.4, 0.5) is 0 Å². The lowest BCUT2D eigenvalue weighted by molar-refractivity contribution is 0.119. The molecular weight excluding hydrogens is 238 g/mol. The van der Waals surface area contributed by atoms with Crippen LogP contribution in [0.15, 0.2) is 30.3 Å². The molecule has 0 aliphatic carbocycles. The first-order chi connectivity index (χ1) is 8.70. The predicted octanol–water partition coefficient (Wildman–Crippen LogP) is 3.82. The van der Waals surface area contributed by atoms with Crippen molar-refractivity contribution in [2.24, 2.45) is 5.92 Å². The zero-order valence-corrected chi connectivity index (χ0v) is 12.4. The fourth-order valence-corrected chi connectivity index (χ4v) is 3.24. The second kappa shape index (κ2) is 6.63. The molecule has 1 nitrogen and oxygen atoms in total. The standard InChI is InChI=1S/C16H25NS/c1-13-8-9-14(2)17(10-13)11-16(12-18)15-6-4-3-5-7-15/h3-7,13-14,16,18H,8-12H2,1-2H3. The van der Waals surface area contributed by atoms with E-state index in [0.717, 1.165) is 24.3 Å². The van der Waals surface area contributed by atoms with E-state index < -0.39 is 0 Å². The molecular formula is C16H25NS. The van der Waals surface area contributed by atoms with Crippen molar-refractivity contribution in [2.45, 2.75) is 38.6 Å². The number of likely N-dealkylation sites (tertiary alicyclic amines) is 1. The molecule has 0 amide bonds. The largest absolute Gasteiger partial charge is 0.300 e. The van der Waals surface area contributed by atoms with E-state index >= 15 is 0 Å². The Morgan fingerprint density at radius 3 is 2.61 bits per heavy atom. The molecule has 100 valence electrons. The van der Waals surface area contributed by atoms with Gasteiger partial charge in [-0.05, 0) is 37.0 Å². The smallest absolute Gasteiger partial charge is 0.00674 e. The maximum absolute atomic E-state index is 4.55. The topological polar surface area (TPSA) is 3.24 Å². The van der Waals surface area contributed by atoms with Gasteiger partial charge in [0, 0.05) is 25.0 Å². The van der Waals surface area contributed by atoms with Crippen molar-refractivity contribution >= 4 is 12.6 Å². The highest BCUT2D eigenvalue weighted by atomic mass is 32.1. The van der Waals surface area contributed by atoms with Crippen LogP contribution >= 0.6 is 12.6 Å². The highest BCUT2D eigenvalue weighted by Gasteiger charge is 2.25. The van der Waals surface area contributed by atoms with Gasteiger partial charge in [0.15, 0.2) is 0 Å². The quantitative estimate of drug-likeness (QED) is 0.808. The summed E-state index contributed by atoms with van der Waals surface area (Å²) in [6, 6.07) is 11.6. The summed E-state index contributed by atoms with van der Waals surface area (Å²) in [5.41, 5.74) is 1.43. The summed E-state index contributed by atoms with van der Waals surface area (Å²) in [5.74, 6) is 2.33. The van der Waals surface area contributed by atoms with E-state index in [0.29, 0.717) is 5.92 Å². The maximum atomic E-state index is 4.55. The van der Waals surface area contributed by atoms with E-state index in [1.165, 1.54) is 24.9 Å². The van der Waals surface area contributed by atoms with Crippen LogP contribution in [0.1, 0.15) is 38.2 Å². The van der Waals surface area contributed by atoms with Gasteiger partial charge in [-0.25, -0.2) is 0 Å². The second-order valence-corrected chi connectivity index (χ2v) is 6.14. The van der Waals surface area contributed by atoms with E-state index in [4.69, 9.17) is 0 Å². The summed E-state index contributed by atoms with van der Waals surface area (Å²) in [6.45, 7) is 7.14. The van der Waals surface area contributed by atoms with Gasteiger partial charge in [-0.15, -0.1) is 0 Å². The van der Waals surface area contributed by atoms with Gasteiger partial charge in [-0.3, -0.25) is 4.90 Å².